The zero-order valence-electron chi connectivity index (χ0n) is 14.4. The maximum atomic E-state index is 12.5. The number of nitro benzene ring substituents is 1. The second-order valence-electron chi connectivity index (χ2n) is 5.86. The van der Waals surface area contributed by atoms with Gasteiger partial charge in [-0.1, -0.05) is 0 Å². The number of H-pyrrole nitrogens is 2. The summed E-state index contributed by atoms with van der Waals surface area (Å²) in [4.78, 5) is 46.0. The van der Waals surface area contributed by atoms with E-state index in [0.29, 0.717) is 13.0 Å². The number of fused-ring (bicyclic) bond motifs is 1. The summed E-state index contributed by atoms with van der Waals surface area (Å²) in [7, 11) is -3.90. The lowest BCUT2D eigenvalue weighted by molar-refractivity contribution is -0.383. The average molecular weight is 409 g/mol. The van der Waals surface area contributed by atoms with E-state index in [0.717, 1.165) is 18.0 Å². The fourth-order valence-corrected chi connectivity index (χ4v) is 3.04. The Morgan fingerprint density at radius 1 is 1.32 bits per heavy atom. The Kier molecular flexibility index (Phi) is 4.87. The third kappa shape index (κ3) is 4.01. The molecule has 2 aromatic heterocycles. The topological polar surface area (TPSA) is 185 Å². The van der Waals surface area contributed by atoms with E-state index in [1.165, 1.54) is 12.4 Å². The van der Waals surface area contributed by atoms with Gasteiger partial charge in [0, 0.05) is 30.9 Å². The van der Waals surface area contributed by atoms with Crippen LogP contribution in [0.15, 0.2) is 34.2 Å². The highest BCUT2D eigenvalue weighted by Crippen LogP contribution is 2.27. The van der Waals surface area contributed by atoms with Gasteiger partial charge in [-0.15, -0.1) is 0 Å². The summed E-state index contributed by atoms with van der Waals surface area (Å²) in [5.74, 6) is 0. The number of hydrogen-bond donors (Lipinski definition) is 4. The second-order valence-corrected chi connectivity index (χ2v) is 7.59. The standard InChI is InChI=1S/C14H15N7O6S/c1-28(26,27)19-20-13(22)9-4-11(16-3-2-8-6-15-7-17-8)12(21(24)25)5-10(9)18-14(20)23/h4-7,16,19H,2-3H2,1H3,(H,15,17)(H,18,23). The fourth-order valence-electron chi connectivity index (χ4n) is 2.55. The Bertz CT molecular complexity index is 1260. The summed E-state index contributed by atoms with van der Waals surface area (Å²) in [6.45, 7) is 0.299. The van der Waals surface area contributed by atoms with Gasteiger partial charge in [0.1, 0.15) is 5.69 Å². The number of benzene rings is 1. The van der Waals surface area contributed by atoms with E-state index in [1.54, 1.807) is 11.0 Å². The molecule has 14 heteroatoms. The molecule has 0 fully saturated rings. The summed E-state index contributed by atoms with van der Waals surface area (Å²) in [5, 5.41) is 14.1. The van der Waals surface area contributed by atoms with Crippen molar-refractivity contribution in [2.75, 3.05) is 22.9 Å². The minimum Gasteiger partial charge on any atom is -0.379 e. The van der Waals surface area contributed by atoms with Crippen molar-refractivity contribution in [1.82, 2.24) is 19.6 Å². The first-order valence-corrected chi connectivity index (χ1v) is 9.71. The van der Waals surface area contributed by atoms with E-state index in [4.69, 9.17) is 0 Å². The van der Waals surface area contributed by atoms with Gasteiger partial charge in [-0.05, 0) is 6.07 Å². The summed E-state index contributed by atoms with van der Waals surface area (Å²) in [6.07, 6.45) is 4.38. The minimum atomic E-state index is -3.90. The zero-order valence-corrected chi connectivity index (χ0v) is 15.2. The van der Waals surface area contributed by atoms with Crippen LogP contribution in [-0.2, 0) is 16.4 Å². The van der Waals surface area contributed by atoms with Crippen LogP contribution in [0.25, 0.3) is 10.9 Å². The van der Waals surface area contributed by atoms with Crippen LogP contribution >= 0.6 is 0 Å². The molecule has 0 spiro atoms. The molecule has 2 heterocycles. The molecule has 4 N–H and O–H groups in total. The number of nitrogens with one attached hydrogen (secondary N) is 4. The summed E-state index contributed by atoms with van der Waals surface area (Å²) >= 11 is 0. The Hall–Kier alpha value is -3.68. The van der Waals surface area contributed by atoms with Crippen molar-refractivity contribution in [3.05, 3.63) is 61.3 Å². The lowest BCUT2D eigenvalue weighted by Crippen LogP contribution is -2.43. The first-order chi connectivity index (χ1) is 13.2. The predicted molar refractivity (Wildman–Crippen MR) is 100 cm³/mol. The zero-order chi connectivity index (χ0) is 20.5. The van der Waals surface area contributed by atoms with Crippen LogP contribution in [-0.4, -0.2) is 45.8 Å². The van der Waals surface area contributed by atoms with Gasteiger partial charge in [0.05, 0.1) is 28.4 Å². The Labute approximate surface area is 156 Å². The van der Waals surface area contributed by atoms with Crippen LogP contribution < -0.4 is 21.4 Å². The normalized spacial score (nSPS) is 11.5. The smallest absolute Gasteiger partial charge is 0.348 e. The van der Waals surface area contributed by atoms with Crippen LogP contribution in [0, 0.1) is 10.1 Å². The third-order valence-corrected chi connectivity index (χ3v) is 4.25. The van der Waals surface area contributed by atoms with Gasteiger partial charge in [0.25, 0.3) is 11.2 Å². The maximum Gasteiger partial charge on any atom is 0.348 e. The van der Waals surface area contributed by atoms with Crippen molar-refractivity contribution < 1.29 is 13.3 Å². The molecule has 0 saturated heterocycles. The van der Waals surface area contributed by atoms with Crippen molar-refractivity contribution in [3.8, 4) is 0 Å². The molecule has 0 unspecified atom stereocenters. The third-order valence-electron chi connectivity index (χ3n) is 3.73. The van der Waals surface area contributed by atoms with Crippen LogP contribution in [0.1, 0.15) is 5.69 Å². The molecule has 13 nitrogen and oxygen atoms in total. The molecule has 0 aliphatic heterocycles. The SMILES string of the molecule is CS(=O)(=O)Nn1c(=O)[nH]c2cc([N+](=O)[O-])c(NCCc3cnc[nH]3)cc2c1=O. The Balaban J connectivity index is 2.06. The second kappa shape index (κ2) is 7.15. The van der Waals surface area contributed by atoms with E-state index in [2.05, 4.69) is 20.3 Å². The highest BCUT2D eigenvalue weighted by Gasteiger charge is 2.19. The van der Waals surface area contributed by atoms with E-state index in [-0.39, 0.29) is 27.0 Å². The van der Waals surface area contributed by atoms with Crippen molar-refractivity contribution in [1.29, 1.82) is 0 Å². The number of nitrogens with zero attached hydrogens (tertiary/aromatic N) is 3. The van der Waals surface area contributed by atoms with E-state index in [1.807, 2.05) is 0 Å². The summed E-state index contributed by atoms with van der Waals surface area (Å²) in [6, 6.07) is 2.24. The monoisotopic (exact) mass is 409 g/mol. The molecule has 3 aromatic rings. The van der Waals surface area contributed by atoms with E-state index >= 15 is 0 Å². The first-order valence-electron chi connectivity index (χ1n) is 7.82. The lowest BCUT2D eigenvalue weighted by Gasteiger charge is -2.10. The number of sulfonamides is 1. The molecule has 28 heavy (non-hydrogen) atoms. The molecule has 0 aliphatic rings. The number of rotatable bonds is 7. The van der Waals surface area contributed by atoms with Crippen molar-refractivity contribution in [3.63, 3.8) is 0 Å². The molecular weight excluding hydrogens is 394 g/mol. The number of nitro groups is 1. The summed E-state index contributed by atoms with van der Waals surface area (Å²) in [5.41, 5.74) is -1.62. The maximum absolute atomic E-state index is 12.5. The van der Waals surface area contributed by atoms with E-state index < -0.39 is 26.2 Å². The van der Waals surface area contributed by atoms with Gasteiger partial charge in [-0.3, -0.25) is 14.9 Å². The number of anilines is 1. The Morgan fingerprint density at radius 2 is 2.07 bits per heavy atom. The largest absolute Gasteiger partial charge is 0.379 e. The van der Waals surface area contributed by atoms with Crippen molar-refractivity contribution in [2.45, 2.75) is 6.42 Å². The average Bonchev–Trinajstić information content (AvgIpc) is 3.11. The minimum absolute atomic E-state index is 0.0482. The fraction of sp³-hybridized carbons (Fsp3) is 0.214. The van der Waals surface area contributed by atoms with Gasteiger partial charge >= 0.3 is 5.69 Å². The molecule has 3 rings (SSSR count). The van der Waals surface area contributed by atoms with Gasteiger partial charge in [0.15, 0.2) is 0 Å². The molecular formula is C14H15N7O6S. The van der Waals surface area contributed by atoms with Gasteiger partial charge in [0.2, 0.25) is 10.0 Å². The van der Waals surface area contributed by atoms with E-state index in [9.17, 15) is 28.1 Å². The Morgan fingerprint density at radius 3 is 2.68 bits per heavy atom. The molecule has 0 aliphatic carbocycles. The lowest BCUT2D eigenvalue weighted by atomic mass is 10.2. The van der Waals surface area contributed by atoms with Gasteiger partial charge < -0.3 is 15.3 Å². The molecule has 0 amide bonds. The molecule has 0 saturated carbocycles. The van der Waals surface area contributed by atoms with Crippen molar-refractivity contribution in [2.24, 2.45) is 0 Å². The van der Waals surface area contributed by atoms with Crippen LogP contribution in [0.4, 0.5) is 11.4 Å². The molecule has 148 valence electrons. The molecule has 0 radical (unpaired) electrons. The summed E-state index contributed by atoms with van der Waals surface area (Å²) < 4.78 is 23.0. The molecule has 0 atom stereocenters. The number of imidazole rings is 1. The van der Waals surface area contributed by atoms with Gasteiger partial charge in [-0.2, -0.15) is 4.68 Å². The highest BCUT2D eigenvalue weighted by atomic mass is 32.2. The number of aromatic nitrogens is 4. The number of aromatic amines is 2. The van der Waals surface area contributed by atoms with Crippen LogP contribution in [0.5, 0.6) is 0 Å². The first kappa shape index (κ1) is 19.1. The number of hydrogen-bond acceptors (Lipinski definition) is 8. The molecule has 0 bridgehead atoms. The predicted octanol–water partition coefficient (Wildman–Crippen LogP) is -0.521. The quantitative estimate of drug-likeness (QED) is 0.296. The van der Waals surface area contributed by atoms with Crippen LogP contribution in [0.3, 0.4) is 0 Å². The highest BCUT2D eigenvalue weighted by molar-refractivity contribution is 7.91. The molecule has 1 aromatic carbocycles. The van der Waals surface area contributed by atoms with Crippen molar-refractivity contribution >= 4 is 32.3 Å². The van der Waals surface area contributed by atoms with Gasteiger partial charge in [-0.25, -0.2) is 23.0 Å². The van der Waals surface area contributed by atoms with Crippen LogP contribution in [0.2, 0.25) is 0 Å².